The van der Waals surface area contributed by atoms with Gasteiger partial charge in [0.15, 0.2) is 11.9 Å². The summed E-state index contributed by atoms with van der Waals surface area (Å²) in [5.74, 6) is -0.512. The van der Waals surface area contributed by atoms with Crippen molar-refractivity contribution >= 4 is 17.6 Å². The third-order valence-electron chi connectivity index (χ3n) is 2.74. The van der Waals surface area contributed by atoms with E-state index in [1.54, 1.807) is 24.3 Å². The maximum Gasteiger partial charge on any atom is 0.328 e. The lowest BCUT2D eigenvalue weighted by Crippen LogP contribution is -2.21. The summed E-state index contributed by atoms with van der Waals surface area (Å²) in [6.07, 6.45) is 1.21. The zero-order valence-corrected chi connectivity index (χ0v) is 11.1. The van der Waals surface area contributed by atoms with Gasteiger partial charge in [0.1, 0.15) is 0 Å². The molecule has 100 valence electrons. The predicted molar refractivity (Wildman–Crippen MR) is 69.8 cm³/mol. The van der Waals surface area contributed by atoms with Gasteiger partial charge in [-0.15, -0.1) is 5.10 Å². The van der Waals surface area contributed by atoms with Crippen LogP contribution in [0.25, 0.3) is 11.4 Å². The molecule has 7 heteroatoms. The van der Waals surface area contributed by atoms with Crippen LogP contribution in [0.15, 0.2) is 24.3 Å². The molecule has 2 aromatic rings. The van der Waals surface area contributed by atoms with Gasteiger partial charge >= 0.3 is 5.97 Å². The summed E-state index contributed by atoms with van der Waals surface area (Å²) < 4.78 is 1.34. The molecule has 1 heterocycles. The number of benzene rings is 1. The van der Waals surface area contributed by atoms with Gasteiger partial charge in [0, 0.05) is 10.6 Å². The second kappa shape index (κ2) is 5.79. The van der Waals surface area contributed by atoms with Crippen molar-refractivity contribution in [2.24, 2.45) is 0 Å². The van der Waals surface area contributed by atoms with E-state index in [9.17, 15) is 9.90 Å². The molecule has 1 N–H and O–H groups in total. The van der Waals surface area contributed by atoms with Crippen molar-refractivity contribution in [2.45, 2.75) is 25.8 Å². The van der Waals surface area contributed by atoms with Crippen molar-refractivity contribution in [1.29, 1.82) is 0 Å². The highest BCUT2D eigenvalue weighted by molar-refractivity contribution is 6.30. The summed E-state index contributed by atoms with van der Waals surface area (Å²) in [6, 6.07) is 6.19. The van der Waals surface area contributed by atoms with E-state index in [1.807, 2.05) is 6.92 Å². The highest BCUT2D eigenvalue weighted by Gasteiger charge is 2.24. The largest absolute Gasteiger partial charge is 0.480 e. The summed E-state index contributed by atoms with van der Waals surface area (Å²) in [5.41, 5.74) is 0.733. The van der Waals surface area contributed by atoms with E-state index < -0.39 is 12.0 Å². The maximum atomic E-state index is 11.3. The molecular weight excluding hydrogens is 268 g/mol. The Labute approximate surface area is 115 Å². The fraction of sp³-hybridized carbons (Fsp3) is 0.333. The van der Waals surface area contributed by atoms with Crippen molar-refractivity contribution < 1.29 is 9.90 Å². The normalized spacial score (nSPS) is 12.3. The van der Waals surface area contributed by atoms with Crippen LogP contribution in [-0.2, 0) is 4.79 Å². The topological polar surface area (TPSA) is 80.9 Å². The summed E-state index contributed by atoms with van der Waals surface area (Å²) in [5, 5.41) is 21.1. The number of tetrazole rings is 1. The molecule has 2 rings (SSSR count). The van der Waals surface area contributed by atoms with Gasteiger partial charge in [-0.2, -0.15) is 0 Å². The Morgan fingerprint density at radius 3 is 2.68 bits per heavy atom. The van der Waals surface area contributed by atoms with E-state index >= 15 is 0 Å². The van der Waals surface area contributed by atoms with Crippen molar-refractivity contribution in [3.63, 3.8) is 0 Å². The summed E-state index contributed by atoms with van der Waals surface area (Å²) >= 11 is 5.82. The molecule has 0 saturated heterocycles. The fourth-order valence-corrected chi connectivity index (χ4v) is 1.94. The molecule has 0 bridgehead atoms. The Morgan fingerprint density at radius 2 is 2.11 bits per heavy atom. The quantitative estimate of drug-likeness (QED) is 0.909. The molecule has 0 amide bonds. The van der Waals surface area contributed by atoms with Gasteiger partial charge in [-0.3, -0.25) is 0 Å². The lowest BCUT2D eigenvalue weighted by molar-refractivity contribution is -0.141. The van der Waals surface area contributed by atoms with Gasteiger partial charge in [-0.1, -0.05) is 24.9 Å². The molecule has 0 fully saturated rings. The summed E-state index contributed by atoms with van der Waals surface area (Å²) in [7, 11) is 0. The highest BCUT2D eigenvalue weighted by Crippen LogP contribution is 2.23. The Morgan fingerprint density at radius 1 is 1.42 bits per heavy atom. The lowest BCUT2D eigenvalue weighted by atomic mass is 10.1. The zero-order valence-electron chi connectivity index (χ0n) is 10.3. The van der Waals surface area contributed by atoms with Gasteiger partial charge in [-0.25, -0.2) is 9.48 Å². The monoisotopic (exact) mass is 280 g/mol. The Bertz CT molecular complexity index is 567. The number of carbonyl (C=O) groups is 1. The van der Waals surface area contributed by atoms with E-state index in [4.69, 9.17) is 11.6 Å². The average molecular weight is 281 g/mol. The first-order valence-corrected chi connectivity index (χ1v) is 6.28. The van der Waals surface area contributed by atoms with Crippen LogP contribution >= 0.6 is 11.6 Å². The van der Waals surface area contributed by atoms with Crippen LogP contribution in [-0.4, -0.2) is 31.3 Å². The van der Waals surface area contributed by atoms with E-state index in [1.165, 1.54) is 4.68 Å². The van der Waals surface area contributed by atoms with Crippen LogP contribution in [0.3, 0.4) is 0 Å². The number of carboxylic acids is 1. The van der Waals surface area contributed by atoms with Crippen molar-refractivity contribution in [2.75, 3.05) is 0 Å². The second-order valence-electron chi connectivity index (χ2n) is 4.10. The summed E-state index contributed by atoms with van der Waals surface area (Å²) in [6.45, 7) is 1.92. The predicted octanol–water partition coefficient (Wildman–Crippen LogP) is 2.42. The van der Waals surface area contributed by atoms with Crippen molar-refractivity contribution in [3.8, 4) is 11.4 Å². The van der Waals surface area contributed by atoms with Crippen LogP contribution in [0.4, 0.5) is 0 Å². The van der Waals surface area contributed by atoms with E-state index in [0.717, 1.165) is 12.0 Å². The molecule has 0 aliphatic heterocycles. The smallest absolute Gasteiger partial charge is 0.328 e. The fourth-order valence-electron chi connectivity index (χ4n) is 1.82. The van der Waals surface area contributed by atoms with Crippen LogP contribution in [0.1, 0.15) is 25.8 Å². The maximum absolute atomic E-state index is 11.3. The minimum atomic E-state index is -0.940. The standard InChI is InChI=1S/C12H13ClN4O2/c1-2-3-10(12(18)19)17-11(14-15-16-17)8-4-6-9(13)7-5-8/h4-7,10H,2-3H2,1H3,(H,18,19). The molecule has 0 aliphatic carbocycles. The first-order valence-electron chi connectivity index (χ1n) is 5.90. The molecule has 6 nitrogen and oxygen atoms in total. The molecule has 0 radical (unpaired) electrons. The van der Waals surface area contributed by atoms with E-state index in [-0.39, 0.29) is 0 Å². The molecule has 1 atom stereocenters. The number of aromatic nitrogens is 4. The minimum Gasteiger partial charge on any atom is -0.480 e. The number of carboxylic acid groups (broad SMARTS) is 1. The second-order valence-corrected chi connectivity index (χ2v) is 4.53. The Hall–Kier alpha value is -1.95. The minimum absolute atomic E-state index is 0.428. The summed E-state index contributed by atoms with van der Waals surface area (Å²) in [4.78, 5) is 11.3. The van der Waals surface area contributed by atoms with Gasteiger partial charge in [-0.05, 0) is 41.1 Å². The lowest BCUT2D eigenvalue weighted by Gasteiger charge is -2.12. The molecule has 0 saturated carbocycles. The number of aliphatic carboxylic acids is 1. The number of hydrogen-bond acceptors (Lipinski definition) is 4. The first kappa shape index (κ1) is 13.5. The molecule has 0 spiro atoms. The van der Waals surface area contributed by atoms with E-state index in [0.29, 0.717) is 17.3 Å². The van der Waals surface area contributed by atoms with Crippen LogP contribution < -0.4 is 0 Å². The zero-order chi connectivity index (χ0) is 13.8. The number of hydrogen-bond donors (Lipinski definition) is 1. The third kappa shape index (κ3) is 2.90. The van der Waals surface area contributed by atoms with Gasteiger partial charge in [0.05, 0.1) is 0 Å². The first-order chi connectivity index (χ1) is 9.13. The average Bonchev–Trinajstić information content (AvgIpc) is 2.85. The third-order valence-corrected chi connectivity index (χ3v) is 2.99. The molecule has 19 heavy (non-hydrogen) atoms. The van der Waals surface area contributed by atoms with Gasteiger partial charge < -0.3 is 5.11 Å². The Kier molecular flexibility index (Phi) is 4.11. The van der Waals surface area contributed by atoms with Crippen LogP contribution in [0.2, 0.25) is 5.02 Å². The van der Waals surface area contributed by atoms with Crippen molar-refractivity contribution in [1.82, 2.24) is 20.2 Å². The molecule has 1 unspecified atom stereocenters. The Balaban J connectivity index is 2.41. The number of halogens is 1. The SMILES string of the molecule is CCCC(C(=O)O)n1nnnc1-c1ccc(Cl)cc1. The molecular formula is C12H13ClN4O2. The number of rotatable bonds is 5. The van der Waals surface area contributed by atoms with Crippen LogP contribution in [0.5, 0.6) is 0 Å². The van der Waals surface area contributed by atoms with Crippen molar-refractivity contribution in [3.05, 3.63) is 29.3 Å². The molecule has 1 aromatic carbocycles. The van der Waals surface area contributed by atoms with E-state index in [2.05, 4.69) is 15.5 Å². The highest BCUT2D eigenvalue weighted by atomic mass is 35.5. The van der Waals surface area contributed by atoms with Crippen LogP contribution in [0, 0.1) is 0 Å². The van der Waals surface area contributed by atoms with Gasteiger partial charge in [0.25, 0.3) is 0 Å². The van der Waals surface area contributed by atoms with Gasteiger partial charge in [0.2, 0.25) is 0 Å². The molecule has 0 aliphatic rings. The molecule has 1 aromatic heterocycles. The number of nitrogens with zero attached hydrogens (tertiary/aromatic N) is 4.